The van der Waals surface area contributed by atoms with Crippen LogP contribution in [0.15, 0.2) is 24.3 Å². The molecule has 3 nitrogen and oxygen atoms in total. The van der Waals surface area contributed by atoms with Crippen LogP contribution >= 0.6 is 0 Å². The zero-order chi connectivity index (χ0) is 10.8. The summed E-state index contributed by atoms with van der Waals surface area (Å²) in [6.45, 7) is 0. The van der Waals surface area contributed by atoms with Crippen LogP contribution in [0.2, 0.25) is 0 Å². The van der Waals surface area contributed by atoms with Crippen molar-refractivity contribution < 1.29 is 22.7 Å². The van der Waals surface area contributed by atoms with Gasteiger partial charge in [-0.15, -0.1) is 0 Å². The van der Waals surface area contributed by atoms with Gasteiger partial charge in [0.2, 0.25) is 0 Å². The zero-order valence-corrected chi connectivity index (χ0v) is 6.84. The molecule has 1 amide bonds. The van der Waals surface area contributed by atoms with Crippen LogP contribution in [0.5, 0.6) is 5.75 Å². The summed E-state index contributed by atoms with van der Waals surface area (Å²) in [6, 6.07) is 3.65. The predicted octanol–water partition coefficient (Wildman–Crippen LogP) is 1.51. The summed E-state index contributed by atoms with van der Waals surface area (Å²) in [5.41, 5.74) is 3.85. The van der Waals surface area contributed by atoms with Crippen molar-refractivity contribution in [2.24, 2.45) is 5.73 Å². The molecule has 0 bridgehead atoms. The Balaban J connectivity index is 0.00000196. The number of nitrogens with two attached hydrogens (primary N) is 1. The fourth-order valence-electron chi connectivity index (χ4n) is 0.828. The number of carbonyl (C=O) groups is 1. The van der Waals surface area contributed by atoms with Gasteiger partial charge in [-0.3, -0.25) is 0 Å². The zero-order valence-electron chi connectivity index (χ0n) is 6.84. The molecular formula is C8H7F3NNaO2. The first-order chi connectivity index (χ1) is 6.39. The monoisotopic (exact) mass is 229 g/mol. The van der Waals surface area contributed by atoms with Gasteiger partial charge in [0.1, 0.15) is 5.75 Å². The van der Waals surface area contributed by atoms with Gasteiger partial charge >= 0.3 is 41.8 Å². The van der Waals surface area contributed by atoms with Gasteiger partial charge in [-0.25, -0.2) is 4.79 Å². The van der Waals surface area contributed by atoms with E-state index in [1.165, 1.54) is 0 Å². The number of hydrogen-bond donors (Lipinski definition) is 1. The molecule has 0 aliphatic rings. The second-order valence-electron chi connectivity index (χ2n) is 2.44. The maximum atomic E-state index is 12.0. The van der Waals surface area contributed by atoms with Crippen LogP contribution in [0.3, 0.4) is 0 Å². The van der Waals surface area contributed by atoms with Crippen molar-refractivity contribution in [3.63, 3.8) is 0 Å². The van der Waals surface area contributed by atoms with Crippen LogP contribution in [0.4, 0.5) is 18.0 Å². The number of benzene rings is 1. The van der Waals surface area contributed by atoms with E-state index in [0.717, 1.165) is 24.3 Å². The summed E-state index contributed by atoms with van der Waals surface area (Å²) in [4.78, 5) is 10.2. The van der Waals surface area contributed by atoms with Crippen LogP contribution in [0.25, 0.3) is 0 Å². The van der Waals surface area contributed by atoms with E-state index in [1.54, 1.807) is 0 Å². The van der Waals surface area contributed by atoms with Crippen LogP contribution in [-0.4, -0.2) is 35.7 Å². The van der Waals surface area contributed by atoms with Gasteiger partial charge in [-0.1, -0.05) is 0 Å². The number of amides is 1. The molecule has 0 heterocycles. The van der Waals surface area contributed by atoms with Gasteiger partial charge in [-0.05, 0) is 24.3 Å². The van der Waals surface area contributed by atoms with Gasteiger partial charge in [0.25, 0.3) is 0 Å². The minimum absolute atomic E-state index is 0. The SMILES string of the molecule is NC(=O)Oc1ccc(C(F)(F)F)cc1.[NaH]. The van der Waals surface area contributed by atoms with Crippen LogP contribution in [0.1, 0.15) is 5.56 Å². The van der Waals surface area contributed by atoms with Crippen molar-refractivity contribution in [3.05, 3.63) is 29.8 Å². The first-order valence-corrected chi connectivity index (χ1v) is 3.54. The Morgan fingerprint density at radius 3 is 2.00 bits per heavy atom. The number of primary amides is 1. The third-order valence-electron chi connectivity index (χ3n) is 1.40. The molecule has 0 aromatic heterocycles. The average molecular weight is 229 g/mol. The normalized spacial score (nSPS) is 10.3. The minimum atomic E-state index is -4.40. The Labute approximate surface area is 106 Å². The van der Waals surface area contributed by atoms with E-state index >= 15 is 0 Å². The Hall–Kier alpha value is -0.720. The molecule has 0 aliphatic heterocycles. The first-order valence-electron chi connectivity index (χ1n) is 3.54. The number of halogens is 3. The number of ether oxygens (including phenoxy) is 1. The summed E-state index contributed by atoms with van der Waals surface area (Å²) < 4.78 is 40.5. The van der Waals surface area contributed by atoms with Crippen molar-refractivity contribution in [3.8, 4) is 5.75 Å². The van der Waals surface area contributed by atoms with E-state index in [2.05, 4.69) is 10.5 Å². The fraction of sp³-hybridized carbons (Fsp3) is 0.125. The van der Waals surface area contributed by atoms with Crippen molar-refractivity contribution in [1.82, 2.24) is 0 Å². The molecule has 0 unspecified atom stereocenters. The van der Waals surface area contributed by atoms with Gasteiger partial charge in [-0.2, -0.15) is 13.2 Å². The van der Waals surface area contributed by atoms with Gasteiger partial charge in [0.15, 0.2) is 0 Å². The molecule has 15 heavy (non-hydrogen) atoms. The van der Waals surface area contributed by atoms with E-state index in [0.29, 0.717) is 0 Å². The maximum absolute atomic E-state index is 12.0. The average Bonchev–Trinajstić information content (AvgIpc) is 2.02. The topological polar surface area (TPSA) is 52.3 Å². The Bertz CT molecular complexity index is 337. The Morgan fingerprint density at radius 1 is 1.20 bits per heavy atom. The molecule has 0 spiro atoms. The molecule has 0 saturated heterocycles. The molecule has 7 heteroatoms. The number of alkyl halides is 3. The third kappa shape index (κ3) is 4.55. The van der Waals surface area contributed by atoms with E-state index in [-0.39, 0.29) is 35.3 Å². The van der Waals surface area contributed by atoms with Gasteiger partial charge < -0.3 is 10.5 Å². The number of hydrogen-bond acceptors (Lipinski definition) is 2. The summed E-state index contributed by atoms with van der Waals surface area (Å²) in [7, 11) is 0. The van der Waals surface area contributed by atoms with Crippen molar-refractivity contribution in [2.45, 2.75) is 6.18 Å². The molecule has 0 aliphatic carbocycles. The second-order valence-corrected chi connectivity index (χ2v) is 2.44. The van der Waals surface area contributed by atoms with E-state index in [4.69, 9.17) is 0 Å². The third-order valence-corrected chi connectivity index (χ3v) is 1.40. The number of carbonyl (C=O) groups excluding carboxylic acids is 1. The molecule has 0 atom stereocenters. The van der Waals surface area contributed by atoms with E-state index in [9.17, 15) is 18.0 Å². The Kier molecular flexibility index (Phi) is 5.13. The van der Waals surface area contributed by atoms with Crippen molar-refractivity contribution in [2.75, 3.05) is 0 Å². The first kappa shape index (κ1) is 14.3. The number of rotatable bonds is 1. The summed E-state index contributed by atoms with van der Waals surface area (Å²) in [5.74, 6) is -0.0227. The summed E-state index contributed by atoms with van der Waals surface area (Å²) >= 11 is 0. The molecule has 1 aromatic carbocycles. The van der Waals surface area contributed by atoms with Crippen LogP contribution in [-0.2, 0) is 6.18 Å². The molecule has 1 rings (SSSR count). The van der Waals surface area contributed by atoms with Gasteiger partial charge in [0.05, 0.1) is 5.56 Å². The van der Waals surface area contributed by atoms with Crippen molar-refractivity contribution in [1.29, 1.82) is 0 Å². The fourth-order valence-corrected chi connectivity index (χ4v) is 0.828. The Morgan fingerprint density at radius 2 is 1.67 bits per heavy atom. The quantitative estimate of drug-likeness (QED) is 0.742. The van der Waals surface area contributed by atoms with Crippen molar-refractivity contribution >= 4 is 35.7 Å². The van der Waals surface area contributed by atoms with Gasteiger partial charge in [0, 0.05) is 0 Å². The molecule has 78 valence electrons. The molecule has 2 N–H and O–H groups in total. The standard InChI is InChI=1S/C8H6F3NO2.Na.H/c9-8(10,11)5-1-3-6(4-2-5)14-7(12)13;;/h1-4H,(H2,12,13);;. The molecular weight excluding hydrogens is 222 g/mol. The van der Waals surface area contributed by atoms with Crippen LogP contribution in [0, 0.1) is 0 Å². The summed E-state index contributed by atoms with van der Waals surface area (Å²) in [6.07, 6.45) is -5.46. The van der Waals surface area contributed by atoms with E-state index < -0.39 is 17.8 Å². The van der Waals surface area contributed by atoms with Crippen LogP contribution < -0.4 is 10.5 Å². The molecule has 1 aromatic rings. The molecule has 0 saturated carbocycles. The second kappa shape index (κ2) is 5.39. The van der Waals surface area contributed by atoms with E-state index in [1.807, 2.05) is 0 Å². The summed E-state index contributed by atoms with van der Waals surface area (Å²) in [5, 5.41) is 0. The molecule has 0 fully saturated rings. The molecule has 0 radical (unpaired) electrons. The predicted molar refractivity (Wildman–Crippen MR) is 48.8 cm³/mol.